The summed E-state index contributed by atoms with van der Waals surface area (Å²) in [5.41, 5.74) is 5.98. The summed E-state index contributed by atoms with van der Waals surface area (Å²) in [4.78, 5) is 16.2. The molecule has 1 aliphatic carbocycles. The Kier molecular flexibility index (Phi) is 4.90. The first-order valence-corrected chi connectivity index (χ1v) is 7.25. The minimum Gasteiger partial charge on any atom is -0.350 e. The van der Waals surface area contributed by atoms with E-state index in [0.29, 0.717) is 18.2 Å². The molecule has 18 heavy (non-hydrogen) atoms. The lowest BCUT2D eigenvalue weighted by atomic mass is 9.94. The fourth-order valence-corrected chi connectivity index (χ4v) is 2.82. The van der Waals surface area contributed by atoms with Crippen LogP contribution in [-0.4, -0.2) is 24.0 Å². The summed E-state index contributed by atoms with van der Waals surface area (Å²) in [5, 5.41) is 5.70. The predicted octanol–water partition coefficient (Wildman–Crippen LogP) is 1.73. The van der Waals surface area contributed by atoms with E-state index >= 15 is 0 Å². The molecule has 0 bridgehead atoms. The predicted molar refractivity (Wildman–Crippen MR) is 73.7 cm³/mol. The van der Waals surface area contributed by atoms with E-state index in [1.54, 1.807) is 5.38 Å². The van der Waals surface area contributed by atoms with Crippen molar-refractivity contribution in [1.82, 2.24) is 10.3 Å². The van der Waals surface area contributed by atoms with Crippen molar-refractivity contribution in [1.29, 1.82) is 0 Å². The number of hydrogen-bond acceptors (Lipinski definition) is 4. The van der Waals surface area contributed by atoms with Gasteiger partial charge in [0.15, 0.2) is 0 Å². The van der Waals surface area contributed by atoms with E-state index in [9.17, 15) is 4.79 Å². The van der Waals surface area contributed by atoms with Gasteiger partial charge in [-0.2, -0.15) is 0 Å². The molecule has 1 aromatic heterocycles. The average Bonchev–Trinajstić information content (AvgIpc) is 2.86. The molecule has 1 aromatic rings. The number of nitrogens with zero attached hydrogens (tertiary/aromatic N) is 1. The lowest BCUT2D eigenvalue weighted by Gasteiger charge is -2.17. The van der Waals surface area contributed by atoms with Gasteiger partial charge < -0.3 is 11.1 Å². The van der Waals surface area contributed by atoms with Gasteiger partial charge in [-0.25, -0.2) is 4.98 Å². The molecule has 4 nitrogen and oxygen atoms in total. The van der Waals surface area contributed by atoms with Crippen molar-refractivity contribution in [2.45, 2.75) is 25.7 Å². The summed E-state index contributed by atoms with van der Waals surface area (Å²) < 4.78 is 0. The SMILES string of the molecule is NCCc1nc(C(=O)NCC2CC=CCC2)cs1. The van der Waals surface area contributed by atoms with Crippen molar-refractivity contribution in [2.75, 3.05) is 13.1 Å². The quantitative estimate of drug-likeness (QED) is 0.797. The number of nitrogens with one attached hydrogen (secondary N) is 1. The third-order valence-corrected chi connectivity index (χ3v) is 3.98. The summed E-state index contributed by atoms with van der Waals surface area (Å²) in [6.07, 6.45) is 8.49. The van der Waals surface area contributed by atoms with Crippen molar-refractivity contribution in [3.8, 4) is 0 Å². The van der Waals surface area contributed by atoms with E-state index in [0.717, 1.165) is 37.2 Å². The van der Waals surface area contributed by atoms with E-state index in [-0.39, 0.29) is 5.91 Å². The van der Waals surface area contributed by atoms with Crippen LogP contribution < -0.4 is 11.1 Å². The Morgan fingerprint density at radius 3 is 3.17 bits per heavy atom. The van der Waals surface area contributed by atoms with Crippen LogP contribution >= 0.6 is 11.3 Å². The normalized spacial score (nSPS) is 18.8. The zero-order valence-electron chi connectivity index (χ0n) is 10.4. The van der Waals surface area contributed by atoms with Gasteiger partial charge in [-0.15, -0.1) is 11.3 Å². The van der Waals surface area contributed by atoms with Crippen LogP contribution in [0.4, 0.5) is 0 Å². The molecule has 1 amide bonds. The van der Waals surface area contributed by atoms with Gasteiger partial charge in [-0.05, 0) is 31.7 Å². The number of hydrogen-bond donors (Lipinski definition) is 2. The maximum atomic E-state index is 11.9. The number of carbonyl (C=O) groups excluding carboxylic acids is 1. The standard InChI is InChI=1S/C13H19N3OS/c14-7-6-12-16-11(9-18-12)13(17)15-8-10-4-2-1-3-5-10/h1-2,9-10H,3-8,14H2,(H,15,17). The highest BCUT2D eigenvalue weighted by Gasteiger charge is 2.14. The molecule has 0 fully saturated rings. The number of allylic oxidation sites excluding steroid dienone is 2. The minimum absolute atomic E-state index is 0.0657. The van der Waals surface area contributed by atoms with Crippen molar-refractivity contribution < 1.29 is 4.79 Å². The third-order valence-electron chi connectivity index (χ3n) is 3.07. The number of thiazole rings is 1. The molecule has 5 heteroatoms. The highest BCUT2D eigenvalue weighted by Crippen LogP contribution is 2.17. The molecule has 3 N–H and O–H groups in total. The molecule has 0 spiro atoms. The average molecular weight is 265 g/mol. The van der Waals surface area contributed by atoms with Gasteiger partial charge in [-0.1, -0.05) is 12.2 Å². The number of rotatable bonds is 5. The van der Waals surface area contributed by atoms with Crippen LogP contribution in [0, 0.1) is 5.92 Å². The number of carbonyl (C=O) groups is 1. The van der Waals surface area contributed by atoms with Crippen molar-refractivity contribution in [3.63, 3.8) is 0 Å². The Labute approximate surface area is 111 Å². The Balaban J connectivity index is 1.81. The van der Waals surface area contributed by atoms with Crippen LogP contribution in [0.25, 0.3) is 0 Å². The summed E-state index contributed by atoms with van der Waals surface area (Å²) in [6, 6.07) is 0. The first-order chi connectivity index (χ1) is 8.79. The van der Waals surface area contributed by atoms with Gasteiger partial charge in [-0.3, -0.25) is 4.79 Å². The molecular formula is C13H19N3OS. The summed E-state index contributed by atoms with van der Waals surface area (Å²) in [5.74, 6) is 0.505. The van der Waals surface area contributed by atoms with Gasteiger partial charge in [0.05, 0.1) is 5.01 Å². The number of aromatic nitrogens is 1. The fourth-order valence-electron chi connectivity index (χ4n) is 2.02. The van der Waals surface area contributed by atoms with Crippen LogP contribution in [-0.2, 0) is 6.42 Å². The maximum absolute atomic E-state index is 11.9. The van der Waals surface area contributed by atoms with Crippen LogP contribution in [0.3, 0.4) is 0 Å². The molecule has 1 atom stereocenters. The monoisotopic (exact) mass is 265 g/mol. The van der Waals surface area contributed by atoms with Crippen molar-refractivity contribution >= 4 is 17.2 Å². The lowest BCUT2D eigenvalue weighted by molar-refractivity contribution is 0.0942. The molecule has 1 unspecified atom stereocenters. The van der Waals surface area contributed by atoms with E-state index in [1.807, 2.05) is 0 Å². The highest BCUT2D eigenvalue weighted by molar-refractivity contribution is 7.09. The van der Waals surface area contributed by atoms with E-state index in [2.05, 4.69) is 22.5 Å². The minimum atomic E-state index is -0.0657. The Bertz CT molecular complexity index is 428. The zero-order chi connectivity index (χ0) is 12.8. The lowest BCUT2D eigenvalue weighted by Crippen LogP contribution is -2.29. The third kappa shape index (κ3) is 3.65. The molecule has 2 rings (SSSR count). The molecule has 0 saturated heterocycles. The van der Waals surface area contributed by atoms with Gasteiger partial charge in [0, 0.05) is 18.3 Å². The van der Waals surface area contributed by atoms with Crippen LogP contribution in [0.1, 0.15) is 34.8 Å². The second-order valence-electron chi connectivity index (χ2n) is 4.53. The van der Waals surface area contributed by atoms with Gasteiger partial charge >= 0.3 is 0 Å². The Morgan fingerprint density at radius 2 is 2.44 bits per heavy atom. The van der Waals surface area contributed by atoms with E-state index in [4.69, 9.17) is 5.73 Å². The van der Waals surface area contributed by atoms with E-state index in [1.165, 1.54) is 11.3 Å². The Morgan fingerprint density at radius 1 is 1.56 bits per heavy atom. The van der Waals surface area contributed by atoms with Crippen molar-refractivity contribution in [3.05, 3.63) is 28.2 Å². The second-order valence-corrected chi connectivity index (χ2v) is 5.47. The van der Waals surface area contributed by atoms with Gasteiger partial charge in [0.25, 0.3) is 5.91 Å². The fraction of sp³-hybridized carbons (Fsp3) is 0.538. The molecule has 1 heterocycles. The molecule has 0 saturated carbocycles. The number of amides is 1. The number of nitrogens with two attached hydrogens (primary N) is 1. The van der Waals surface area contributed by atoms with E-state index < -0.39 is 0 Å². The second kappa shape index (κ2) is 6.66. The highest BCUT2D eigenvalue weighted by atomic mass is 32.1. The summed E-state index contributed by atoms with van der Waals surface area (Å²) in [7, 11) is 0. The van der Waals surface area contributed by atoms with Gasteiger partial charge in [0.2, 0.25) is 0 Å². The summed E-state index contributed by atoms with van der Waals surface area (Å²) >= 11 is 1.50. The molecule has 98 valence electrons. The van der Waals surface area contributed by atoms with Crippen molar-refractivity contribution in [2.24, 2.45) is 11.7 Å². The van der Waals surface area contributed by atoms with Crippen LogP contribution in [0.2, 0.25) is 0 Å². The Hall–Kier alpha value is -1.20. The molecule has 1 aliphatic rings. The molecule has 0 aromatic carbocycles. The molecule has 0 radical (unpaired) electrons. The summed E-state index contributed by atoms with van der Waals surface area (Å²) in [6.45, 7) is 1.32. The first-order valence-electron chi connectivity index (χ1n) is 6.37. The topological polar surface area (TPSA) is 68.0 Å². The zero-order valence-corrected chi connectivity index (χ0v) is 11.2. The molecular weight excluding hydrogens is 246 g/mol. The first kappa shape index (κ1) is 13.2. The largest absolute Gasteiger partial charge is 0.350 e. The maximum Gasteiger partial charge on any atom is 0.270 e. The van der Waals surface area contributed by atoms with Gasteiger partial charge in [0.1, 0.15) is 5.69 Å². The smallest absolute Gasteiger partial charge is 0.270 e. The van der Waals surface area contributed by atoms with Crippen LogP contribution in [0.5, 0.6) is 0 Å². The molecule has 0 aliphatic heterocycles. The van der Waals surface area contributed by atoms with Crippen LogP contribution in [0.15, 0.2) is 17.5 Å².